The number of hydrogen-bond donors (Lipinski definition) is 4. The lowest BCUT2D eigenvalue weighted by Crippen LogP contribution is -2.33. The van der Waals surface area contributed by atoms with Gasteiger partial charge in [-0.15, -0.1) is 0 Å². The molecule has 1 saturated heterocycles. The zero-order chi connectivity index (χ0) is 15.0. The normalized spacial score (nSPS) is 28.9. The average molecular weight is 293 g/mol. The highest BCUT2D eigenvalue weighted by atomic mass is 16.6. The van der Waals surface area contributed by atoms with E-state index in [4.69, 9.17) is 15.6 Å². The van der Waals surface area contributed by atoms with E-state index in [2.05, 4.69) is 15.0 Å². The van der Waals surface area contributed by atoms with Crippen LogP contribution >= 0.6 is 0 Å². The molecule has 0 saturated carbocycles. The van der Waals surface area contributed by atoms with Crippen LogP contribution in [0.1, 0.15) is 6.23 Å². The van der Waals surface area contributed by atoms with Crippen LogP contribution in [0.25, 0.3) is 11.3 Å². The van der Waals surface area contributed by atoms with Gasteiger partial charge < -0.3 is 30.4 Å². The van der Waals surface area contributed by atoms with Gasteiger partial charge in [0.05, 0.1) is 24.2 Å². The van der Waals surface area contributed by atoms with Crippen molar-refractivity contribution in [3.8, 4) is 11.3 Å². The maximum atomic E-state index is 9.96. The van der Waals surface area contributed by atoms with Crippen LogP contribution in [0.2, 0.25) is 0 Å². The van der Waals surface area contributed by atoms with Crippen molar-refractivity contribution in [2.75, 3.05) is 12.3 Å². The van der Waals surface area contributed by atoms with Crippen molar-refractivity contribution in [1.29, 1.82) is 0 Å². The number of rotatable bonds is 3. The molecule has 3 heterocycles. The third-order valence-corrected chi connectivity index (χ3v) is 3.43. The quantitative estimate of drug-likeness (QED) is 0.538. The van der Waals surface area contributed by atoms with E-state index in [1.54, 1.807) is 6.20 Å². The van der Waals surface area contributed by atoms with E-state index in [1.807, 2.05) is 0 Å². The number of hydrogen-bond acceptors (Lipinski definition) is 8. The Bertz CT molecular complexity index is 634. The number of aliphatic hydroxyl groups is 3. The minimum absolute atomic E-state index is 0.288. The summed E-state index contributed by atoms with van der Waals surface area (Å²) in [7, 11) is 0. The molecule has 1 aliphatic rings. The molecule has 0 spiro atoms. The summed E-state index contributed by atoms with van der Waals surface area (Å²) in [6.45, 7) is -0.379. The standard InChI is InChI=1S/C12H15N5O4/c13-11-6(1-14-4-15-11)7-2-17(5-16-7)12-10(20)9(19)8(3-18)21-12/h1-2,4-5,8-10,12,18-20H,3H2,(H2,13,14,15)/t8-,9?,10?,12-/m1/s1. The van der Waals surface area contributed by atoms with Gasteiger partial charge in [-0.25, -0.2) is 15.0 Å². The molecule has 0 aromatic carbocycles. The van der Waals surface area contributed by atoms with Crippen molar-refractivity contribution in [2.24, 2.45) is 0 Å². The first-order valence-electron chi connectivity index (χ1n) is 6.33. The van der Waals surface area contributed by atoms with Crippen LogP contribution in [0, 0.1) is 0 Å². The predicted molar refractivity (Wildman–Crippen MR) is 70.7 cm³/mol. The summed E-state index contributed by atoms with van der Waals surface area (Å²) < 4.78 is 6.92. The topological polar surface area (TPSA) is 140 Å². The Morgan fingerprint density at radius 1 is 1.29 bits per heavy atom. The van der Waals surface area contributed by atoms with Crippen molar-refractivity contribution in [3.05, 3.63) is 25.0 Å². The zero-order valence-electron chi connectivity index (χ0n) is 10.9. The first-order valence-corrected chi connectivity index (χ1v) is 6.33. The monoisotopic (exact) mass is 293 g/mol. The molecule has 3 rings (SSSR count). The van der Waals surface area contributed by atoms with Crippen molar-refractivity contribution in [2.45, 2.75) is 24.5 Å². The molecule has 0 amide bonds. The molecule has 0 aliphatic carbocycles. The minimum Gasteiger partial charge on any atom is -0.394 e. The van der Waals surface area contributed by atoms with Crippen LogP contribution in [0.3, 0.4) is 0 Å². The lowest BCUT2D eigenvalue weighted by molar-refractivity contribution is -0.0527. The number of anilines is 1. The van der Waals surface area contributed by atoms with Crippen LogP contribution in [0.4, 0.5) is 5.82 Å². The van der Waals surface area contributed by atoms with E-state index in [1.165, 1.54) is 23.4 Å². The van der Waals surface area contributed by atoms with Crippen molar-refractivity contribution in [1.82, 2.24) is 19.5 Å². The van der Waals surface area contributed by atoms with Gasteiger partial charge in [0, 0.05) is 12.4 Å². The molecule has 9 heteroatoms. The van der Waals surface area contributed by atoms with Crippen molar-refractivity contribution >= 4 is 5.82 Å². The number of aliphatic hydroxyl groups excluding tert-OH is 3. The Labute approximate surface area is 119 Å². The minimum atomic E-state index is -1.16. The van der Waals surface area contributed by atoms with E-state index in [-0.39, 0.29) is 12.4 Å². The van der Waals surface area contributed by atoms with Crippen LogP contribution in [-0.2, 0) is 4.74 Å². The van der Waals surface area contributed by atoms with E-state index in [0.717, 1.165) is 0 Å². The lowest BCUT2D eigenvalue weighted by atomic mass is 10.1. The highest BCUT2D eigenvalue weighted by Crippen LogP contribution is 2.30. The van der Waals surface area contributed by atoms with Gasteiger partial charge in [-0.3, -0.25) is 0 Å². The molecule has 4 atom stereocenters. The zero-order valence-corrected chi connectivity index (χ0v) is 10.9. The molecule has 2 aromatic heterocycles. The third-order valence-electron chi connectivity index (χ3n) is 3.43. The van der Waals surface area contributed by atoms with E-state index >= 15 is 0 Å². The smallest absolute Gasteiger partial charge is 0.164 e. The molecule has 21 heavy (non-hydrogen) atoms. The fraction of sp³-hybridized carbons (Fsp3) is 0.417. The third kappa shape index (κ3) is 2.36. The van der Waals surface area contributed by atoms with Gasteiger partial charge in [-0.1, -0.05) is 0 Å². The van der Waals surface area contributed by atoms with E-state index in [0.29, 0.717) is 11.3 Å². The van der Waals surface area contributed by atoms with Gasteiger partial charge in [-0.2, -0.15) is 0 Å². The molecule has 0 bridgehead atoms. The van der Waals surface area contributed by atoms with Gasteiger partial charge >= 0.3 is 0 Å². The predicted octanol–water partition coefficient (Wildman–Crippen LogP) is -1.47. The van der Waals surface area contributed by atoms with Gasteiger partial charge in [0.1, 0.15) is 30.5 Å². The number of imidazole rings is 1. The average Bonchev–Trinajstić information content (AvgIpc) is 3.06. The highest BCUT2D eigenvalue weighted by molar-refractivity contribution is 5.68. The van der Waals surface area contributed by atoms with E-state index < -0.39 is 24.5 Å². The molecular weight excluding hydrogens is 278 g/mol. The fourth-order valence-corrected chi connectivity index (χ4v) is 2.28. The number of nitrogens with two attached hydrogens (primary N) is 1. The molecule has 1 aliphatic heterocycles. The SMILES string of the molecule is Nc1ncncc1-c1cn([C@@H]2O[C@H](CO)C(O)C2O)cn1. The summed E-state index contributed by atoms with van der Waals surface area (Å²) >= 11 is 0. The summed E-state index contributed by atoms with van der Waals surface area (Å²) in [6, 6.07) is 0. The number of nitrogen functional groups attached to an aromatic ring is 1. The second-order valence-electron chi connectivity index (χ2n) is 4.76. The van der Waals surface area contributed by atoms with Crippen molar-refractivity contribution < 1.29 is 20.1 Å². The maximum Gasteiger partial charge on any atom is 0.164 e. The first-order chi connectivity index (χ1) is 10.1. The maximum absolute atomic E-state index is 9.96. The van der Waals surface area contributed by atoms with Gasteiger partial charge in [-0.05, 0) is 0 Å². The Kier molecular flexibility index (Phi) is 3.55. The van der Waals surface area contributed by atoms with Crippen LogP contribution in [-0.4, -0.2) is 59.8 Å². The molecule has 2 unspecified atom stereocenters. The first kappa shape index (κ1) is 13.9. The molecule has 2 aromatic rings. The summed E-state index contributed by atoms with van der Waals surface area (Å²) in [5, 5.41) is 28.8. The summed E-state index contributed by atoms with van der Waals surface area (Å²) in [6.07, 6.45) is 1.95. The van der Waals surface area contributed by atoms with E-state index in [9.17, 15) is 10.2 Å². The second-order valence-corrected chi connectivity index (χ2v) is 4.76. The number of aromatic nitrogens is 4. The Balaban J connectivity index is 1.88. The highest BCUT2D eigenvalue weighted by Gasteiger charge is 2.43. The Hall–Kier alpha value is -2.07. The lowest BCUT2D eigenvalue weighted by Gasteiger charge is -2.15. The van der Waals surface area contributed by atoms with Crippen LogP contribution in [0.5, 0.6) is 0 Å². The molecule has 9 nitrogen and oxygen atoms in total. The molecular formula is C12H15N5O4. The summed E-state index contributed by atoms with van der Waals surface area (Å²) in [5.41, 5.74) is 6.83. The molecule has 5 N–H and O–H groups in total. The summed E-state index contributed by atoms with van der Waals surface area (Å²) in [5.74, 6) is 0.288. The Morgan fingerprint density at radius 2 is 2.10 bits per heavy atom. The number of nitrogens with zero attached hydrogens (tertiary/aromatic N) is 4. The van der Waals surface area contributed by atoms with Gasteiger partial charge in [0.25, 0.3) is 0 Å². The van der Waals surface area contributed by atoms with Gasteiger partial charge in [0.15, 0.2) is 6.23 Å². The van der Waals surface area contributed by atoms with Crippen molar-refractivity contribution in [3.63, 3.8) is 0 Å². The fourth-order valence-electron chi connectivity index (χ4n) is 2.28. The largest absolute Gasteiger partial charge is 0.394 e. The van der Waals surface area contributed by atoms with Crippen LogP contribution in [0.15, 0.2) is 25.0 Å². The Morgan fingerprint density at radius 3 is 2.76 bits per heavy atom. The summed E-state index contributed by atoms with van der Waals surface area (Å²) in [4.78, 5) is 11.9. The molecule has 112 valence electrons. The van der Waals surface area contributed by atoms with Crippen LogP contribution < -0.4 is 5.73 Å². The molecule has 0 radical (unpaired) electrons. The van der Waals surface area contributed by atoms with Gasteiger partial charge in [0.2, 0.25) is 0 Å². The second kappa shape index (κ2) is 5.37. The number of ether oxygens (including phenoxy) is 1. The molecule has 1 fully saturated rings.